The number of hydrogen-bond acceptors (Lipinski definition) is 3. The second-order valence-electron chi connectivity index (χ2n) is 4.03. The first-order valence-electron chi connectivity index (χ1n) is 5.63. The molecular weight excluding hydrogens is 178 g/mol. The fourth-order valence-electron chi connectivity index (χ4n) is 2.22. The first-order valence-corrected chi connectivity index (χ1v) is 5.63. The predicted octanol–water partition coefficient (Wildman–Crippen LogP) is 1.72. The fourth-order valence-corrected chi connectivity index (χ4v) is 2.22. The molecule has 1 N–H and O–H groups in total. The second kappa shape index (κ2) is 5.35. The molecule has 82 valence electrons. The van der Waals surface area contributed by atoms with Gasteiger partial charge >= 0.3 is 5.97 Å². The largest absolute Gasteiger partial charge is 0.466 e. The number of ether oxygens (including phenoxy) is 1. The molecule has 0 unspecified atom stereocenters. The molecule has 0 spiro atoms. The Morgan fingerprint density at radius 3 is 2.79 bits per heavy atom. The number of hydrogen-bond donors (Lipinski definition) is 1. The van der Waals surface area contributed by atoms with Gasteiger partial charge in [0.15, 0.2) is 0 Å². The zero-order valence-electron chi connectivity index (χ0n) is 9.27. The van der Waals surface area contributed by atoms with Gasteiger partial charge in [0.2, 0.25) is 0 Å². The number of carbonyl (C=O) groups excluding carboxylic acids is 1. The lowest BCUT2D eigenvalue weighted by atomic mass is 9.77. The summed E-state index contributed by atoms with van der Waals surface area (Å²) in [6.45, 7) is 6.30. The second-order valence-corrected chi connectivity index (χ2v) is 4.03. The molecule has 0 radical (unpaired) electrons. The molecule has 1 fully saturated rings. The van der Waals surface area contributed by atoms with Crippen LogP contribution in [0.5, 0.6) is 0 Å². The minimum absolute atomic E-state index is 0.00551. The molecule has 1 rings (SSSR count). The van der Waals surface area contributed by atoms with E-state index in [0.717, 1.165) is 38.8 Å². The molecule has 1 saturated heterocycles. The highest BCUT2D eigenvalue weighted by Crippen LogP contribution is 2.32. The average molecular weight is 199 g/mol. The topological polar surface area (TPSA) is 38.3 Å². The fraction of sp³-hybridized carbons (Fsp3) is 0.909. The molecule has 1 aliphatic heterocycles. The van der Waals surface area contributed by atoms with Crippen molar-refractivity contribution in [1.82, 2.24) is 5.32 Å². The van der Waals surface area contributed by atoms with Crippen LogP contribution in [0.1, 0.15) is 39.5 Å². The first-order chi connectivity index (χ1) is 6.75. The van der Waals surface area contributed by atoms with Gasteiger partial charge in [-0.2, -0.15) is 0 Å². The van der Waals surface area contributed by atoms with Gasteiger partial charge in [0.05, 0.1) is 12.0 Å². The molecule has 3 nitrogen and oxygen atoms in total. The summed E-state index contributed by atoms with van der Waals surface area (Å²) < 4.78 is 5.16. The molecule has 1 aliphatic rings. The van der Waals surface area contributed by atoms with Crippen LogP contribution in [-0.2, 0) is 9.53 Å². The van der Waals surface area contributed by atoms with E-state index >= 15 is 0 Å². The molecule has 0 aromatic heterocycles. The van der Waals surface area contributed by atoms with Crippen LogP contribution < -0.4 is 5.32 Å². The standard InChI is InChI=1S/C11H21NO2/c1-3-6-11(10(13)14-4-2)7-5-8-12-9-11/h12H,3-9H2,1-2H3/t11-/m1/s1. The third-order valence-electron chi connectivity index (χ3n) is 2.91. The highest BCUT2D eigenvalue weighted by molar-refractivity contribution is 5.77. The SMILES string of the molecule is CCC[C@@]1(C(=O)OCC)CCCNC1. The van der Waals surface area contributed by atoms with E-state index in [2.05, 4.69) is 12.2 Å². The van der Waals surface area contributed by atoms with Gasteiger partial charge in [-0.1, -0.05) is 13.3 Å². The Labute approximate surface area is 86.2 Å². The third-order valence-corrected chi connectivity index (χ3v) is 2.91. The zero-order valence-corrected chi connectivity index (χ0v) is 9.27. The van der Waals surface area contributed by atoms with Crippen LogP contribution in [0, 0.1) is 5.41 Å². The zero-order chi connectivity index (χ0) is 10.4. The van der Waals surface area contributed by atoms with Crippen molar-refractivity contribution in [3.05, 3.63) is 0 Å². The summed E-state index contributed by atoms with van der Waals surface area (Å²) in [5.41, 5.74) is -0.233. The average Bonchev–Trinajstić information content (AvgIpc) is 2.20. The van der Waals surface area contributed by atoms with Crippen molar-refractivity contribution >= 4 is 5.97 Å². The lowest BCUT2D eigenvalue weighted by molar-refractivity contribution is -0.157. The summed E-state index contributed by atoms with van der Waals surface area (Å²) >= 11 is 0. The van der Waals surface area contributed by atoms with Crippen molar-refractivity contribution in [2.24, 2.45) is 5.41 Å². The summed E-state index contributed by atoms with van der Waals surface area (Å²) in [4.78, 5) is 11.8. The Hall–Kier alpha value is -0.570. The number of carbonyl (C=O) groups is 1. The highest BCUT2D eigenvalue weighted by atomic mass is 16.5. The normalized spacial score (nSPS) is 27.3. The van der Waals surface area contributed by atoms with Crippen molar-refractivity contribution < 1.29 is 9.53 Å². The van der Waals surface area contributed by atoms with Crippen LogP contribution in [0.25, 0.3) is 0 Å². The van der Waals surface area contributed by atoms with E-state index in [1.54, 1.807) is 0 Å². The Kier molecular flexibility index (Phi) is 4.39. The highest BCUT2D eigenvalue weighted by Gasteiger charge is 2.39. The molecule has 0 aromatic rings. The lowest BCUT2D eigenvalue weighted by Crippen LogP contribution is -2.46. The van der Waals surface area contributed by atoms with E-state index in [4.69, 9.17) is 4.74 Å². The maximum atomic E-state index is 11.8. The summed E-state index contributed by atoms with van der Waals surface area (Å²) in [5, 5.41) is 3.30. The summed E-state index contributed by atoms with van der Waals surface area (Å²) in [7, 11) is 0. The quantitative estimate of drug-likeness (QED) is 0.701. The molecule has 3 heteroatoms. The van der Waals surface area contributed by atoms with Crippen molar-refractivity contribution in [3.8, 4) is 0 Å². The van der Waals surface area contributed by atoms with Gasteiger partial charge in [0.1, 0.15) is 0 Å². The van der Waals surface area contributed by atoms with Crippen LogP contribution in [0.15, 0.2) is 0 Å². The van der Waals surface area contributed by atoms with Gasteiger partial charge in [-0.25, -0.2) is 0 Å². The van der Waals surface area contributed by atoms with Crippen molar-refractivity contribution in [2.45, 2.75) is 39.5 Å². The van der Waals surface area contributed by atoms with Crippen LogP contribution in [-0.4, -0.2) is 25.7 Å². The smallest absolute Gasteiger partial charge is 0.313 e. The molecule has 0 saturated carbocycles. The van der Waals surface area contributed by atoms with Gasteiger partial charge in [-0.3, -0.25) is 4.79 Å². The number of piperidine rings is 1. The van der Waals surface area contributed by atoms with E-state index in [1.165, 1.54) is 0 Å². The van der Waals surface area contributed by atoms with E-state index < -0.39 is 0 Å². The molecule has 0 amide bonds. The Balaban J connectivity index is 2.63. The van der Waals surface area contributed by atoms with E-state index in [-0.39, 0.29) is 11.4 Å². The summed E-state index contributed by atoms with van der Waals surface area (Å²) in [6, 6.07) is 0. The predicted molar refractivity (Wildman–Crippen MR) is 56.1 cm³/mol. The maximum absolute atomic E-state index is 11.8. The van der Waals surface area contributed by atoms with Crippen LogP contribution in [0.3, 0.4) is 0 Å². The first kappa shape index (κ1) is 11.5. The van der Waals surface area contributed by atoms with Crippen molar-refractivity contribution in [2.75, 3.05) is 19.7 Å². The molecule has 0 aromatic carbocycles. The molecular formula is C11H21NO2. The molecule has 1 atom stereocenters. The van der Waals surface area contributed by atoms with Gasteiger partial charge in [0.25, 0.3) is 0 Å². The Morgan fingerprint density at radius 1 is 1.50 bits per heavy atom. The molecule has 0 bridgehead atoms. The molecule has 14 heavy (non-hydrogen) atoms. The minimum atomic E-state index is -0.233. The van der Waals surface area contributed by atoms with E-state index in [0.29, 0.717) is 6.61 Å². The summed E-state index contributed by atoms with van der Waals surface area (Å²) in [6.07, 6.45) is 4.05. The maximum Gasteiger partial charge on any atom is 0.313 e. The third kappa shape index (κ3) is 2.47. The monoisotopic (exact) mass is 199 g/mol. The van der Waals surface area contributed by atoms with Crippen LogP contribution in [0.4, 0.5) is 0 Å². The van der Waals surface area contributed by atoms with Gasteiger partial charge in [-0.05, 0) is 32.7 Å². The molecule has 1 heterocycles. The van der Waals surface area contributed by atoms with Crippen LogP contribution >= 0.6 is 0 Å². The Bertz CT molecular complexity index is 180. The Morgan fingerprint density at radius 2 is 2.29 bits per heavy atom. The number of rotatable bonds is 4. The minimum Gasteiger partial charge on any atom is -0.466 e. The van der Waals surface area contributed by atoms with Gasteiger partial charge in [0, 0.05) is 6.54 Å². The van der Waals surface area contributed by atoms with E-state index in [9.17, 15) is 4.79 Å². The number of esters is 1. The van der Waals surface area contributed by atoms with Crippen molar-refractivity contribution in [1.29, 1.82) is 0 Å². The van der Waals surface area contributed by atoms with Gasteiger partial charge < -0.3 is 10.1 Å². The van der Waals surface area contributed by atoms with Crippen LogP contribution in [0.2, 0.25) is 0 Å². The van der Waals surface area contributed by atoms with Crippen molar-refractivity contribution in [3.63, 3.8) is 0 Å². The van der Waals surface area contributed by atoms with E-state index in [1.807, 2.05) is 6.92 Å². The van der Waals surface area contributed by atoms with Gasteiger partial charge in [-0.15, -0.1) is 0 Å². The summed E-state index contributed by atoms with van der Waals surface area (Å²) in [5.74, 6) is -0.00551. The number of nitrogens with one attached hydrogen (secondary N) is 1. The lowest BCUT2D eigenvalue weighted by Gasteiger charge is -2.35. The molecule has 0 aliphatic carbocycles.